The van der Waals surface area contributed by atoms with Crippen molar-refractivity contribution in [3.63, 3.8) is 0 Å². The number of hydrogen-bond acceptors (Lipinski definition) is 3. The molecule has 3 aromatic rings. The third-order valence-electron chi connectivity index (χ3n) is 5.66. The molecule has 6 heteroatoms. The third kappa shape index (κ3) is 8.46. The number of nitrogens with zero attached hydrogens (tertiary/aromatic N) is 1. The number of aryl methyl sites for hydroxylation is 3. The van der Waals surface area contributed by atoms with Crippen LogP contribution in [0.5, 0.6) is 11.5 Å². The van der Waals surface area contributed by atoms with E-state index in [0.717, 1.165) is 17.1 Å². The van der Waals surface area contributed by atoms with Gasteiger partial charge in [-0.1, -0.05) is 0 Å². The zero-order valence-corrected chi connectivity index (χ0v) is 25.5. The van der Waals surface area contributed by atoms with E-state index in [0.29, 0.717) is 0 Å². The van der Waals surface area contributed by atoms with Gasteiger partial charge in [0, 0.05) is 0 Å². The van der Waals surface area contributed by atoms with Crippen LogP contribution in [0.2, 0.25) is 0 Å². The maximum atomic E-state index is 6.75. The van der Waals surface area contributed by atoms with Crippen molar-refractivity contribution >= 4 is 29.1 Å². The van der Waals surface area contributed by atoms with Gasteiger partial charge >= 0.3 is 207 Å². The number of benzene rings is 2. The summed E-state index contributed by atoms with van der Waals surface area (Å²) >= 11 is -2.68. The predicted molar refractivity (Wildman–Crippen MR) is 150 cm³/mol. The molecule has 0 saturated heterocycles. The van der Waals surface area contributed by atoms with Crippen LogP contribution >= 0.6 is 24.8 Å². The van der Waals surface area contributed by atoms with Gasteiger partial charge in [-0.3, -0.25) is 0 Å². The molecule has 0 atom stereocenters. The van der Waals surface area contributed by atoms with Crippen LogP contribution in [-0.4, -0.2) is 9.30 Å². The zero-order valence-electron chi connectivity index (χ0n) is 22.4. The molecule has 0 fully saturated rings. The van der Waals surface area contributed by atoms with Crippen molar-refractivity contribution in [2.24, 2.45) is 0 Å². The first-order chi connectivity index (χ1) is 15.3. The number of hydrogen-bond donors (Lipinski definition) is 0. The largest absolute Gasteiger partial charge is 0.147 e. The first-order valence-corrected chi connectivity index (χ1v) is 13.7. The molecule has 0 radical (unpaired) electrons. The van der Waals surface area contributed by atoms with Gasteiger partial charge in [0.25, 0.3) is 0 Å². The Hall–Kier alpha value is -1.65. The van der Waals surface area contributed by atoms with Crippen LogP contribution in [0.3, 0.4) is 0 Å². The Labute approximate surface area is 230 Å². The van der Waals surface area contributed by atoms with E-state index in [9.17, 15) is 0 Å². The molecule has 0 spiro atoms. The molecule has 35 heavy (non-hydrogen) atoms. The summed E-state index contributed by atoms with van der Waals surface area (Å²) in [6.07, 6.45) is 3.72. The maximum Gasteiger partial charge on any atom is -0.147 e. The summed E-state index contributed by atoms with van der Waals surface area (Å²) in [7, 11) is 0. The average Bonchev–Trinajstić information content (AvgIpc) is 2.70. The Kier molecular flexibility index (Phi) is 11.2. The minimum absolute atomic E-state index is 0. The second kappa shape index (κ2) is 12.5. The van der Waals surface area contributed by atoms with Crippen LogP contribution < -0.4 is 6.64 Å². The summed E-state index contributed by atoms with van der Waals surface area (Å²) in [5.41, 5.74) is 7.04. The SMILES string of the molecule is Cc1ccc([O][Ti](=[CH]c2cnccc2C)[O]c2ccc(C)cc2C(C)(C)C)c(C(C)(C)C)c1.Cl.Cl. The van der Waals surface area contributed by atoms with Crippen LogP contribution in [0.25, 0.3) is 0 Å². The minimum Gasteiger partial charge on any atom is -0.147 e. The van der Waals surface area contributed by atoms with Gasteiger partial charge in [0.15, 0.2) is 0 Å². The Morgan fingerprint density at radius 3 is 1.57 bits per heavy atom. The van der Waals surface area contributed by atoms with Crippen molar-refractivity contribution in [1.29, 1.82) is 0 Å². The van der Waals surface area contributed by atoms with E-state index in [4.69, 9.17) is 6.64 Å². The topological polar surface area (TPSA) is 31.4 Å². The normalized spacial score (nSPS) is 11.1. The minimum atomic E-state index is -2.68. The van der Waals surface area contributed by atoms with Crippen LogP contribution in [0.4, 0.5) is 0 Å². The standard InChI is InChI=1S/2C11H16O.C7H7N.2ClH.Ti/c2*1-8-5-6-10(12)9(7-8)11(2,3)4;1-6-3-4-8-5-7(6)2;;;/h2*5-7,12H,1-4H3;2-5H,1H3;2*1H;/q;;;;;+2/p-2. The van der Waals surface area contributed by atoms with Gasteiger partial charge in [0.05, 0.1) is 0 Å². The monoisotopic (exact) mass is 551 g/mol. The molecule has 0 N–H and O–H groups in total. The maximum absolute atomic E-state index is 6.75. The van der Waals surface area contributed by atoms with Gasteiger partial charge in [0.2, 0.25) is 0 Å². The summed E-state index contributed by atoms with van der Waals surface area (Å²) in [6, 6.07) is 14.9. The molecular weight excluding hydrogens is 513 g/mol. The summed E-state index contributed by atoms with van der Waals surface area (Å²) < 4.78 is 15.7. The molecule has 0 aliphatic heterocycles. The van der Waals surface area contributed by atoms with E-state index in [-0.39, 0.29) is 35.6 Å². The van der Waals surface area contributed by atoms with Crippen molar-refractivity contribution in [3.8, 4) is 11.5 Å². The van der Waals surface area contributed by atoms with Gasteiger partial charge in [-0.2, -0.15) is 0 Å². The van der Waals surface area contributed by atoms with E-state index in [1.165, 1.54) is 27.8 Å². The van der Waals surface area contributed by atoms with E-state index in [2.05, 4.69) is 108 Å². The van der Waals surface area contributed by atoms with Crippen LogP contribution in [-0.2, 0) is 29.0 Å². The van der Waals surface area contributed by atoms with E-state index in [1.807, 2.05) is 18.5 Å². The Bertz CT molecular complexity index is 1110. The van der Waals surface area contributed by atoms with Crippen molar-refractivity contribution in [1.82, 2.24) is 4.98 Å². The molecular formula is C29H39Cl2NO2Ti. The summed E-state index contributed by atoms with van der Waals surface area (Å²) in [6.45, 7) is 19.7. The number of halogens is 2. The van der Waals surface area contributed by atoms with Crippen LogP contribution in [0.1, 0.15) is 74.9 Å². The molecule has 0 bridgehead atoms. The quantitative estimate of drug-likeness (QED) is 0.299. The van der Waals surface area contributed by atoms with Crippen LogP contribution in [0, 0.1) is 20.8 Å². The number of aromatic nitrogens is 1. The fourth-order valence-electron chi connectivity index (χ4n) is 3.69. The van der Waals surface area contributed by atoms with E-state index < -0.39 is 18.2 Å². The van der Waals surface area contributed by atoms with E-state index in [1.54, 1.807) is 0 Å². The molecule has 190 valence electrons. The molecule has 1 heterocycles. The molecule has 0 aliphatic rings. The van der Waals surface area contributed by atoms with Gasteiger partial charge in [-0.25, -0.2) is 0 Å². The summed E-state index contributed by atoms with van der Waals surface area (Å²) in [4.78, 5) is 4.33. The molecule has 3 rings (SSSR count). The number of rotatable bonds is 5. The van der Waals surface area contributed by atoms with Gasteiger partial charge in [-0.05, 0) is 0 Å². The second-order valence-electron chi connectivity index (χ2n) is 10.9. The van der Waals surface area contributed by atoms with Gasteiger partial charge in [-0.15, -0.1) is 24.8 Å². The summed E-state index contributed by atoms with van der Waals surface area (Å²) in [5, 5.41) is 0. The van der Waals surface area contributed by atoms with E-state index >= 15 is 0 Å². The first kappa shape index (κ1) is 31.4. The fraction of sp³-hybridized carbons (Fsp3) is 0.379. The van der Waals surface area contributed by atoms with Gasteiger partial charge in [0.1, 0.15) is 0 Å². The average molecular weight is 552 g/mol. The van der Waals surface area contributed by atoms with Gasteiger partial charge < -0.3 is 0 Å². The molecule has 0 unspecified atom stereocenters. The fourth-order valence-corrected chi connectivity index (χ4v) is 6.04. The van der Waals surface area contributed by atoms with Crippen molar-refractivity contribution in [3.05, 3.63) is 88.2 Å². The molecule has 0 amide bonds. The summed E-state index contributed by atoms with van der Waals surface area (Å²) in [5.74, 6) is 1.82. The zero-order chi connectivity index (χ0) is 24.4. The molecule has 0 saturated carbocycles. The van der Waals surface area contributed by atoms with Crippen molar-refractivity contribution < 1.29 is 24.8 Å². The Morgan fingerprint density at radius 2 is 1.17 bits per heavy atom. The molecule has 0 aliphatic carbocycles. The molecule has 1 aromatic heterocycles. The third-order valence-corrected chi connectivity index (χ3v) is 7.83. The molecule has 3 nitrogen and oxygen atoms in total. The first-order valence-electron chi connectivity index (χ1n) is 11.5. The smallest absolute Gasteiger partial charge is 0.147 e. The Balaban J connectivity index is 0.00000306. The number of pyridine rings is 1. The van der Waals surface area contributed by atoms with Crippen molar-refractivity contribution in [2.45, 2.75) is 73.1 Å². The van der Waals surface area contributed by atoms with Crippen LogP contribution in [0.15, 0.2) is 54.9 Å². The molecule has 2 aromatic carbocycles. The predicted octanol–water partition coefficient (Wildman–Crippen LogP) is 8.20. The Morgan fingerprint density at radius 1 is 0.714 bits per heavy atom. The van der Waals surface area contributed by atoms with Crippen molar-refractivity contribution in [2.75, 3.05) is 0 Å². The second-order valence-corrected chi connectivity index (χ2v) is 13.0.